The van der Waals surface area contributed by atoms with Gasteiger partial charge in [0.2, 0.25) is 0 Å². The van der Waals surface area contributed by atoms with Crippen molar-refractivity contribution in [3.8, 4) is 0 Å². The van der Waals surface area contributed by atoms with Gasteiger partial charge in [0.25, 0.3) is 0 Å². The molecule has 7 aliphatic rings. The summed E-state index contributed by atoms with van der Waals surface area (Å²) in [6.45, 7) is 0. The third kappa shape index (κ3) is 5.12. The van der Waals surface area contributed by atoms with Gasteiger partial charge >= 0.3 is 0 Å². The van der Waals surface area contributed by atoms with Crippen LogP contribution in [0.4, 0.5) is 0 Å². The lowest BCUT2D eigenvalue weighted by atomic mass is 9.72. The summed E-state index contributed by atoms with van der Waals surface area (Å²) in [5, 5.41) is 2.71. The molecule has 3 heterocycles. The van der Waals surface area contributed by atoms with E-state index in [1.54, 1.807) is 11.1 Å². The lowest BCUT2D eigenvalue weighted by molar-refractivity contribution is 0.427. The van der Waals surface area contributed by atoms with Gasteiger partial charge in [-0.3, -0.25) is 4.99 Å². The predicted octanol–water partition coefficient (Wildman–Crippen LogP) is 12.3. The van der Waals surface area contributed by atoms with E-state index >= 15 is 0 Å². The van der Waals surface area contributed by atoms with Crippen LogP contribution in [0.3, 0.4) is 0 Å². The third-order valence-corrected chi connectivity index (χ3v) is 13.0. The van der Waals surface area contributed by atoms with Crippen molar-refractivity contribution in [1.82, 2.24) is 9.13 Å². The van der Waals surface area contributed by atoms with Gasteiger partial charge in [-0.2, -0.15) is 0 Å². The van der Waals surface area contributed by atoms with Crippen LogP contribution in [0, 0.1) is 23.7 Å². The zero-order valence-electron chi connectivity index (χ0n) is 30.7. The average molecular weight is 700 g/mol. The zero-order chi connectivity index (χ0) is 35.6. The molecule has 54 heavy (non-hydrogen) atoms. The van der Waals surface area contributed by atoms with E-state index in [1.807, 2.05) is 6.20 Å². The standard InChI is InChI=1S/C51H45N3/c1-2-13-38(14-3-1)53-48-22-9-6-18-44(48)51-41(19-11-23-50(51)53)37-12-10-15-39(32-37)54-47-21-8-5-17-43(47)45-33-36(28-29-49(45)54)34-24-26-35(27-25-34)40-30-31-52-46-20-7-4-16-42(40)46/h1-4,6-9,11-13,16,18-26,28-32,35-36,38,40,42H,5,10,14-15,17,27,33H2/t35?,36?,38-,40?,42?/m0/s1. The van der Waals surface area contributed by atoms with Crippen molar-refractivity contribution in [2.24, 2.45) is 28.7 Å². The molecule has 0 N–H and O–H groups in total. The van der Waals surface area contributed by atoms with E-state index < -0.39 is 0 Å². The first kappa shape index (κ1) is 31.8. The van der Waals surface area contributed by atoms with E-state index in [2.05, 4.69) is 166 Å². The minimum atomic E-state index is 0.324. The number of nitrogens with zero attached hydrogens (tertiary/aromatic N) is 3. The Morgan fingerprint density at radius 2 is 1.61 bits per heavy atom. The lowest BCUT2D eigenvalue weighted by Gasteiger charge is -2.33. The first-order chi connectivity index (χ1) is 26.8. The molecule has 0 bridgehead atoms. The van der Waals surface area contributed by atoms with Crippen LogP contribution < -0.4 is 0 Å². The fourth-order valence-electron chi connectivity index (χ4n) is 10.5. The van der Waals surface area contributed by atoms with Crippen molar-refractivity contribution in [2.45, 2.75) is 51.0 Å². The molecule has 4 aromatic rings. The number of hydrogen-bond acceptors (Lipinski definition) is 1. The summed E-state index contributed by atoms with van der Waals surface area (Å²) in [5.41, 5.74) is 15.3. The molecule has 1 aliphatic heterocycles. The van der Waals surface area contributed by atoms with Crippen LogP contribution in [0.5, 0.6) is 0 Å². The van der Waals surface area contributed by atoms with E-state index in [0.29, 0.717) is 29.7 Å². The normalized spacial score (nSPS) is 26.4. The average Bonchev–Trinajstić information content (AvgIpc) is 3.77. The number of para-hydroxylation sites is 1. The molecule has 11 rings (SSSR count). The maximum Gasteiger partial charge on any atom is 0.0560 e. The van der Waals surface area contributed by atoms with E-state index in [1.165, 1.54) is 61.3 Å². The molecule has 0 radical (unpaired) electrons. The van der Waals surface area contributed by atoms with Crippen LogP contribution >= 0.6 is 0 Å². The fraction of sp³-hybridized carbons (Fsp3) is 0.235. The molecule has 0 amide bonds. The summed E-state index contributed by atoms with van der Waals surface area (Å²) in [7, 11) is 0. The van der Waals surface area contributed by atoms with Crippen molar-refractivity contribution in [1.29, 1.82) is 0 Å². The maximum atomic E-state index is 4.67. The molecule has 2 aromatic heterocycles. The molecule has 2 aromatic carbocycles. The largest absolute Gasteiger partial charge is 0.333 e. The Morgan fingerprint density at radius 3 is 2.54 bits per heavy atom. The van der Waals surface area contributed by atoms with Gasteiger partial charge in [0.05, 0.1) is 11.6 Å². The van der Waals surface area contributed by atoms with Crippen LogP contribution in [0.25, 0.3) is 45.2 Å². The van der Waals surface area contributed by atoms with Crippen molar-refractivity contribution in [3.63, 3.8) is 0 Å². The Labute approximate surface area is 318 Å². The summed E-state index contributed by atoms with van der Waals surface area (Å²) >= 11 is 0. The van der Waals surface area contributed by atoms with Crippen molar-refractivity contribution >= 4 is 50.9 Å². The highest BCUT2D eigenvalue weighted by atomic mass is 15.0. The van der Waals surface area contributed by atoms with Crippen LogP contribution in [0.1, 0.15) is 66.2 Å². The van der Waals surface area contributed by atoms with Crippen LogP contribution in [-0.2, 0) is 12.8 Å². The van der Waals surface area contributed by atoms with Crippen LogP contribution in [-0.4, -0.2) is 14.8 Å². The second kappa shape index (κ2) is 13.0. The minimum absolute atomic E-state index is 0.324. The lowest BCUT2D eigenvalue weighted by Crippen LogP contribution is -2.29. The van der Waals surface area contributed by atoms with Gasteiger partial charge in [0, 0.05) is 57.1 Å². The molecule has 0 saturated heterocycles. The van der Waals surface area contributed by atoms with Gasteiger partial charge < -0.3 is 9.13 Å². The summed E-state index contributed by atoms with van der Waals surface area (Å²) in [6.07, 6.45) is 51.9. The molecule has 6 aliphatic carbocycles. The van der Waals surface area contributed by atoms with Gasteiger partial charge in [-0.15, -0.1) is 0 Å². The first-order valence-electron chi connectivity index (χ1n) is 20.2. The quantitative estimate of drug-likeness (QED) is 0.198. The van der Waals surface area contributed by atoms with Gasteiger partial charge in [-0.05, 0) is 121 Å². The molecule has 0 fully saturated rings. The molecular weight excluding hydrogens is 655 g/mol. The van der Waals surface area contributed by atoms with Crippen molar-refractivity contribution < 1.29 is 0 Å². The van der Waals surface area contributed by atoms with E-state index in [-0.39, 0.29) is 0 Å². The molecular formula is C51H45N3. The molecule has 4 unspecified atom stereocenters. The molecule has 264 valence electrons. The Kier molecular flexibility index (Phi) is 7.67. The summed E-state index contributed by atoms with van der Waals surface area (Å²) < 4.78 is 5.19. The molecule has 3 heteroatoms. The summed E-state index contributed by atoms with van der Waals surface area (Å²) in [6, 6.07) is 16.3. The predicted molar refractivity (Wildman–Crippen MR) is 228 cm³/mol. The second-order valence-corrected chi connectivity index (χ2v) is 15.9. The highest BCUT2D eigenvalue weighted by Crippen LogP contribution is 2.44. The Hall–Kier alpha value is -5.67. The fourth-order valence-corrected chi connectivity index (χ4v) is 10.5. The maximum absolute atomic E-state index is 4.67. The highest BCUT2D eigenvalue weighted by molar-refractivity contribution is 6.14. The van der Waals surface area contributed by atoms with Crippen molar-refractivity contribution in [2.75, 3.05) is 0 Å². The Morgan fingerprint density at radius 1 is 0.685 bits per heavy atom. The van der Waals surface area contributed by atoms with E-state index in [0.717, 1.165) is 44.9 Å². The number of hydrogen-bond donors (Lipinski definition) is 0. The van der Waals surface area contributed by atoms with Gasteiger partial charge in [-0.1, -0.05) is 115 Å². The van der Waals surface area contributed by atoms with Gasteiger partial charge in [0.1, 0.15) is 0 Å². The number of fused-ring (bicyclic) bond motifs is 7. The second-order valence-electron chi connectivity index (χ2n) is 15.9. The van der Waals surface area contributed by atoms with Gasteiger partial charge in [0.15, 0.2) is 0 Å². The van der Waals surface area contributed by atoms with Crippen LogP contribution in [0.15, 0.2) is 156 Å². The number of benzene rings is 2. The number of rotatable bonds is 5. The minimum Gasteiger partial charge on any atom is -0.333 e. The topological polar surface area (TPSA) is 22.2 Å². The van der Waals surface area contributed by atoms with Gasteiger partial charge in [-0.25, -0.2) is 0 Å². The first-order valence-corrected chi connectivity index (χ1v) is 20.2. The SMILES string of the molecule is C1=CC[C@@H](n2c3ccccc3c3c(C4=CCCC(n5c6c(c7c5C=CC(C5=CCC(C8C=CN=C9C=CC=CC98)C=C5)C7)CCC=C6)=C4)cccc32)C=C1. The summed E-state index contributed by atoms with van der Waals surface area (Å²) in [4.78, 5) is 4.67. The molecule has 5 atom stereocenters. The smallest absolute Gasteiger partial charge is 0.0560 e. The molecule has 3 nitrogen and oxygen atoms in total. The third-order valence-electron chi connectivity index (χ3n) is 13.0. The number of aromatic nitrogens is 2. The summed E-state index contributed by atoms with van der Waals surface area (Å²) in [5.74, 6) is 1.77. The Bertz CT molecular complexity index is 2610. The van der Waals surface area contributed by atoms with E-state index in [9.17, 15) is 0 Å². The van der Waals surface area contributed by atoms with Crippen LogP contribution in [0.2, 0.25) is 0 Å². The number of aliphatic imine (C=N–C) groups is 1. The highest BCUT2D eigenvalue weighted by Gasteiger charge is 2.33. The monoisotopic (exact) mass is 699 g/mol. The molecule has 0 spiro atoms. The van der Waals surface area contributed by atoms with Crippen molar-refractivity contribution in [3.05, 3.63) is 180 Å². The molecule has 0 saturated carbocycles. The van der Waals surface area contributed by atoms with E-state index in [4.69, 9.17) is 0 Å². The number of allylic oxidation sites excluding steroid dienone is 19. The zero-order valence-corrected chi connectivity index (χ0v) is 30.7. The Balaban J connectivity index is 0.925.